The van der Waals surface area contributed by atoms with Gasteiger partial charge in [-0.15, -0.1) is 0 Å². The van der Waals surface area contributed by atoms with E-state index in [-0.39, 0.29) is 101 Å². The lowest BCUT2D eigenvalue weighted by molar-refractivity contribution is -0.292. The Morgan fingerprint density at radius 2 is 1.25 bits per heavy atom. The average molecular weight is 693 g/mol. The lowest BCUT2D eigenvalue weighted by Gasteiger charge is -2.38. The van der Waals surface area contributed by atoms with Crippen LogP contribution in [-0.2, 0) is 38.1 Å². The smallest absolute Gasteiger partial charge is 0.222 e. The Morgan fingerprint density at radius 3 is 1.83 bits per heavy atom. The molecule has 0 bridgehead atoms. The van der Waals surface area contributed by atoms with Gasteiger partial charge in [0, 0.05) is 64.3 Å². The molecule has 9 unspecified atom stereocenters. The quantitative estimate of drug-likeness (QED) is 0.0623. The normalized spacial score (nSPS) is 28.9. The third-order valence-electron chi connectivity index (χ3n) is 7.97. The average Bonchev–Trinajstić information content (AvgIpc) is 3.02. The van der Waals surface area contributed by atoms with Crippen molar-refractivity contribution < 1.29 is 63.7 Å². The number of nitrogens with one attached hydrogen (secondary N) is 3. The van der Waals surface area contributed by atoms with Crippen LogP contribution < -0.4 is 16.0 Å². The highest BCUT2D eigenvalue weighted by molar-refractivity contribution is 5.80. The zero-order valence-electron chi connectivity index (χ0n) is 28.4. The number of amides is 4. The number of carbonyl (C=O) groups is 4. The predicted molar refractivity (Wildman–Crippen MR) is 169 cm³/mol. The van der Waals surface area contributed by atoms with Gasteiger partial charge >= 0.3 is 0 Å². The van der Waals surface area contributed by atoms with Crippen molar-refractivity contribution >= 4 is 23.6 Å². The molecule has 0 aromatic heterocycles. The molecular formula is C31H56N4O13. The monoisotopic (exact) mass is 692 g/mol. The lowest BCUT2D eigenvalue weighted by atomic mass is 10.0. The van der Waals surface area contributed by atoms with E-state index in [0.29, 0.717) is 12.8 Å². The van der Waals surface area contributed by atoms with E-state index in [9.17, 15) is 44.7 Å². The molecule has 4 amide bonds. The van der Waals surface area contributed by atoms with Crippen LogP contribution in [0.3, 0.4) is 0 Å². The summed E-state index contributed by atoms with van der Waals surface area (Å²) < 4.78 is 21.7. The third kappa shape index (κ3) is 15.0. The molecule has 0 aliphatic carbocycles. The first-order valence-electron chi connectivity index (χ1n) is 16.7. The molecule has 0 aromatic rings. The second kappa shape index (κ2) is 21.6. The Morgan fingerprint density at radius 1 is 0.708 bits per heavy atom. The Kier molecular flexibility index (Phi) is 18.7. The summed E-state index contributed by atoms with van der Waals surface area (Å²) in [5, 5.41) is 57.6. The first kappa shape index (κ1) is 41.7. The highest BCUT2D eigenvalue weighted by Crippen LogP contribution is 2.22. The van der Waals surface area contributed by atoms with Crippen molar-refractivity contribution in [3.8, 4) is 0 Å². The van der Waals surface area contributed by atoms with Gasteiger partial charge in [0.15, 0.2) is 12.6 Å². The summed E-state index contributed by atoms with van der Waals surface area (Å²) in [7, 11) is 0. The molecular weight excluding hydrogens is 636 g/mol. The van der Waals surface area contributed by atoms with Gasteiger partial charge in [-0.05, 0) is 40.5 Å². The number of unbranched alkanes of at least 4 members (excludes halogenated alkanes) is 1. The summed E-state index contributed by atoms with van der Waals surface area (Å²) in [6, 6.07) is 0.0211. The minimum atomic E-state index is -1.46. The first-order valence-corrected chi connectivity index (χ1v) is 16.7. The molecule has 278 valence electrons. The van der Waals surface area contributed by atoms with E-state index in [1.165, 1.54) is 11.8 Å². The Balaban J connectivity index is 1.77. The second-order valence-electron chi connectivity index (χ2n) is 12.5. The standard InChI is InChI=1S/C31H56N4O13/c1-18(2)34-25(40)7-5-6-8-26(41)35(13-9-23(38)32-11-15-45-30-22(37)17-21(36)19(3)47-30)14-10-24(39)33-12-16-46-31-29(44)28(43)27(42)20(4)48-31/h18-22,27-31,36-37,42-44H,5-17H2,1-4H3,(H,32,38)(H,33,39)(H,34,40). The minimum absolute atomic E-state index is 0.0211. The highest BCUT2D eigenvalue weighted by atomic mass is 16.7. The van der Waals surface area contributed by atoms with Gasteiger partial charge < -0.3 is 65.3 Å². The van der Waals surface area contributed by atoms with E-state index in [1.54, 1.807) is 6.92 Å². The topological polar surface area (TPSA) is 246 Å². The number of hydrogen-bond donors (Lipinski definition) is 8. The molecule has 2 saturated heterocycles. The van der Waals surface area contributed by atoms with Crippen molar-refractivity contribution in [1.29, 1.82) is 0 Å². The van der Waals surface area contributed by atoms with Crippen molar-refractivity contribution in [2.75, 3.05) is 39.4 Å². The summed E-state index contributed by atoms with van der Waals surface area (Å²) in [5.74, 6) is -1.09. The molecule has 2 rings (SSSR count). The molecule has 2 heterocycles. The van der Waals surface area contributed by atoms with Gasteiger partial charge in [0.2, 0.25) is 23.6 Å². The van der Waals surface area contributed by atoms with E-state index >= 15 is 0 Å². The van der Waals surface area contributed by atoms with Crippen molar-refractivity contribution in [3.63, 3.8) is 0 Å². The summed E-state index contributed by atoms with van der Waals surface area (Å²) in [4.78, 5) is 51.4. The van der Waals surface area contributed by atoms with Gasteiger partial charge in [0.1, 0.15) is 24.4 Å². The second-order valence-corrected chi connectivity index (χ2v) is 12.5. The Labute approximate surface area is 281 Å². The molecule has 8 N–H and O–H groups in total. The highest BCUT2D eigenvalue weighted by Gasteiger charge is 2.42. The van der Waals surface area contributed by atoms with E-state index in [4.69, 9.17) is 18.9 Å². The zero-order valence-corrected chi connectivity index (χ0v) is 28.4. The van der Waals surface area contributed by atoms with Crippen molar-refractivity contribution in [3.05, 3.63) is 0 Å². The van der Waals surface area contributed by atoms with E-state index in [1.807, 2.05) is 13.8 Å². The van der Waals surface area contributed by atoms with Gasteiger partial charge in [-0.3, -0.25) is 19.2 Å². The maximum Gasteiger partial charge on any atom is 0.222 e. The number of rotatable bonds is 20. The van der Waals surface area contributed by atoms with Crippen LogP contribution >= 0.6 is 0 Å². The van der Waals surface area contributed by atoms with Crippen LogP contribution in [0.25, 0.3) is 0 Å². The Hall–Kier alpha value is -2.48. The molecule has 2 fully saturated rings. The SMILES string of the molecule is CC(C)NC(=O)CCCCC(=O)N(CCC(=O)NCCOC1OC(C)C(O)CC1O)CCC(=O)NCCOC1OC(C)C(O)C(O)C1O. The molecule has 2 aliphatic rings. The summed E-state index contributed by atoms with van der Waals surface area (Å²) in [6.07, 6.45) is -7.88. The fourth-order valence-electron chi connectivity index (χ4n) is 5.10. The fourth-order valence-corrected chi connectivity index (χ4v) is 5.10. The van der Waals surface area contributed by atoms with Crippen LogP contribution in [0.5, 0.6) is 0 Å². The summed E-state index contributed by atoms with van der Waals surface area (Å²) in [6.45, 7) is 7.21. The minimum Gasteiger partial charge on any atom is -0.390 e. The first-order chi connectivity index (χ1) is 22.7. The largest absolute Gasteiger partial charge is 0.390 e. The predicted octanol–water partition coefficient (Wildman–Crippen LogP) is -2.37. The summed E-state index contributed by atoms with van der Waals surface area (Å²) in [5.41, 5.74) is 0. The fraction of sp³-hybridized carbons (Fsp3) is 0.871. The zero-order chi connectivity index (χ0) is 35.8. The number of aliphatic hydroxyl groups excluding tert-OH is 5. The molecule has 0 radical (unpaired) electrons. The molecule has 2 aliphatic heterocycles. The van der Waals surface area contributed by atoms with Crippen molar-refractivity contribution in [1.82, 2.24) is 20.9 Å². The maximum absolute atomic E-state index is 13.0. The molecule has 9 atom stereocenters. The van der Waals surface area contributed by atoms with Crippen molar-refractivity contribution in [2.45, 2.75) is 134 Å². The summed E-state index contributed by atoms with van der Waals surface area (Å²) >= 11 is 0. The number of ether oxygens (including phenoxy) is 4. The molecule has 0 aromatic carbocycles. The van der Waals surface area contributed by atoms with E-state index in [0.717, 1.165) is 0 Å². The lowest BCUT2D eigenvalue weighted by Crippen LogP contribution is -2.57. The molecule has 0 saturated carbocycles. The van der Waals surface area contributed by atoms with Gasteiger partial charge in [-0.2, -0.15) is 0 Å². The number of hydrogen-bond acceptors (Lipinski definition) is 13. The van der Waals surface area contributed by atoms with Crippen LogP contribution in [0.4, 0.5) is 0 Å². The number of nitrogens with zero attached hydrogens (tertiary/aromatic N) is 1. The van der Waals surface area contributed by atoms with Crippen LogP contribution in [-0.4, -0.2) is 155 Å². The van der Waals surface area contributed by atoms with Crippen molar-refractivity contribution in [2.24, 2.45) is 0 Å². The van der Waals surface area contributed by atoms with Crippen LogP contribution in [0.2, 0.25) is 0 Å². The van der Waals surface area contributed by atoms with Gasteiger partial charge in [-0.25, -0.2) is 0 Å². The van der Waals surface area contributed by atoms with E-state index < -0.39 is 55.3 Å². The maximum atomic E-state index is 13.0. The molecule has 17 heteroatoms. The van der Waals surface area contributed by atoms with Crippen LogP contribution in [0, 0.1) is 0 Å². The Bertz CT molecular complexity index is 1010. The van der Waals surface area contributed by atoms with Gasteiger partial charge in [0.05, 0.1) is 31.5 Å². The van der Waals surface area contributed by atoms with Crippen LogP contribution in [0.1, 0.15) is 72.6 Å². The van der Waals surface area contributed by atoms with Gasteiger partial charge in [-0.1, -0.05) is 0 Å². The van der Waals surface area contributed by atoms with Crippen LogP contribution in [0.15, 0.2) is 0 Å². The molecule has 48 heavy (non-hydrogen) atoms. The molecule has 17 nitrogen and oxygen atoms in total. The number of aliphatic hydroxyl groups is 5. The van der Waals surface area contributed by atoms with E-state index in [2.05, 4.69) is 16.0 Å². The van der Waals surface area contributed by atoms with Gasteiger partial charge in [0.25, 0.3) is 0 Å². The molecule has 0 spiro atoms. The number of carbonyl (C=O) groups excluding carboxylic acids is 4. The third-order valence-corrected chi connectivity index (χ3v) is 7.97.